The first kappa shape index (κ1) is 24.1. The molecule has 2 aromatic rings. The summed E-state index contributed by atoms with van der Waals surface area (Å²) in [7, 11) is 0. The van der Waals surface area contributed by atoms with Gasteiger partial charge in [-0.05, 0) is 36.1 Å². The first-order chi connectivity index (χ1) is 13.7. The number of nitrogens with zero attached hydrogens (tertiary/aromatic N) is 5. The molecule has 2 aromatic heterocycles. The average Bonchev–Trinajstić information content (AvgIpc) is 3.35. The highest BCUT2D eigenvalue weighted by Crippen LogP contribution is 2.26. The molecule has 2 unspecified atom stereocenters. The van der Waals surface area contributed by atoms with E-state index in [9.17, 15) is 9.11 Å². The van der Waals surface area contributed by atoms with Crippen molar-refractivity contribution in [1.29, 1.82) is 0 Å². The van der Waals surface area contributed by atoms with E-state index in [1.54, 1.807) is 6.20 Å². The Morgan fingerprint density at radius 1 is 0.828 bits per heavy atom. The fourth-order valence-electron chi connectivity index (χ4n) is 3.16. The van der Waals surface area contributed by atoms with Crippen LogP contribution in [0.1, 0.15) is 71.3 Å². The molecule has 2 N–H and O–H groups in total. The summed E-state index contributed by atoms with van der Waals surface area (Å²) in [6.07, 6.45) is 6.00. The summed E-state index contributed by atoms with van der Waals surface area (Å²) >= 11 is -1.73. The topological polar surface area (TPSA) is 142 Å². The Balaban J connectivity index is 1.54. The van der Waals surface area contributed by atoms with E-state index < -0.39 is 22.4 Å². The lowest BCUT2D eigenvalue weighted by molar-refractivity contribution is 0.444. The Morgan fingerprint density at radius 3 is 1.93 bits per heavy atom. The van der Waals surface area contributed by atoms with Gasteiger partial charge in [0.25, 0.3) is 0 Å². The maximum atomic E-state index is 12.2. The summed E-state index contributed by atoms with van der Waals surface area (Å²) in [5, 5.41) is 24.5. The summed E-state index contributed by atoms with van der Waals surface area (Å²) in [5.74, 6) is 3.32. The Hall–Kier alpha value is -1.17. The highest BCUT2D eigenvalue weighted by atomic mass is 32.2. The van der Waals surface area contributed by atoms with Crippen LogP contribution in [0.15, 0.2) is 6.20 Å². The molecule has 0 saturated heterocycles. The highest BCUT2D eigenvalue weighted by molar-refractivity contribution is 7.92. The van der Waals surface area contributed by atoms with Gasteiger partial charge in [-0.15, -0.1) is 10.2 Å². The molecule has 0 fully saturated rings. The molecule has 2 rings (SSSR count). The van der Waals surface area contributed by atoms with Crippen molar-refractivity contribution in [3.63, 3.8) is 0 Å². The maximum Gasteiger partial charge on any atom is 0.154 e. The van der Waals surface area contributed by atoms with Gasteiger partial charge in [0.15, 0.2) is 5.82 Å². The van der Waals surface area contributed by atoms with Crippen LogP contribution in [-0.2, 0) is 33.2 Å². The van der Waals surface area contributed by atoms with Gasteiger partial charge in [0, 0.05) is 17.3 Å². The maximum absolute atomic E-state index is 12.2. The quantitative estimate of drug-likeness (QED) is 0.425. The SMILES string of the molecule is CC(C)(CCC[S+]([O-])CCC[S+]([O-])CCCC(C)(C)c1nnn[nH]1)c1cnn[nH]1. The third kappa shape index (κ3) is 8.23. The van der Waals surface area contributed by atoms with Crippen molar-refractivity contribution in [2.24, 2.45) is 0 Å². The van der Waals surface area contributed by atoms with Gasteiger partial charge in [-0.2, -0.15) is 0 Å². The van der Waals surface area contributed by atoms with Crippen LogP contribution in [0.4, 0.5) is 0 Å². The van der Waals surface area contributed by atoms with Crippen molar-refractivity contribution < 1.29 is 9.11 Å². The number of aromatic nitrogens is 7. The zero-order valence-electron chi connectivity index (χ0n) is 17.8. The van der Waals surface area contributed by atoms with E-state index in [1.807, 2.05) is 0 Å². The van der Waals surface area contributed by atoms with E-state index in [-0.39, 0.29) is 10.8 Å². The molecule has 11 heteroatoms. The predicted octanol–water partition coefficient (Wildman–Crippen LogP) is 2.02. The van der Waals surface area contributed by atoms with Crippen LogP contribution in [0.5, 0.6) is 0 Å². The van der Waals surface area contributed by atoms with Crippen LogP contribution in [0.2, 0.25) is 0 Å². The number of aromatic amines is 2. The van der Waals surface area contributed by atoms with E-state index in [4.69, 9.17) is 0 Å². The standard InChI is InChI=1S/C18H33N7O2S2/c1-17(2,15-14-19-23-20-15)8-5-10-28(26)12-7-13-29(27)11-6-9-18(3,4)16-21-24-25-22-16/h14H,5-13H2,1-4H3,(H,19,20,23)(H,21,22,24,25). The predicted molar refractivity (Wildman–Crippen MR) is 115 cm³/mol. The van der Waals surface area contributed by atoms with Crippen LogP contribution < -0.4 is 0 Å². The molecule has 0 amide bonds. The molecule has 2 atom stereocenters. The summed E-state index contributed by atoms with van der Waals surface area (Å²) in [6, 6.07) is 0. The lowest BCUT2D eigenvalue weighted by Crippen LogP contribution is -2.22. The number of H-pyrrole nitrogens is 2. The second kappa shape index (κ2) is 11.3. The largest absolute Gasteiger partial charge is 0.616 e. The van der Waals surface area contributed by atoms with Crippen molar-refractivity contribution in [1.82, 2.24) is 36.0 Å². The molecule has 0 aliphatic carbocycles. The van der Waals surface area contributed by atoms with Gasteiger partial charge in [0.1, 0.15) is 23.0 Å². The van der Waals surface area contributed by atoms with Gasteiger partial charge >= 0.3 is 0 Å². The first-order valence-corrected chi connectivity index (χ1v) is 13.0. The Bertz CT molecular complexity index is 622. The normalized spacial score (nSPS) is 14.8. The molecule has 0 radical (unpaired) electrons. The van der Waals surface area contributed by atoms with Crippen molar-refractivity contribution in [3.05, 3.63) is 17.7 Å². The van der Waals surface area contributed by atoms with Crippen molar-refractivity contribution >= 4 is 22.4 Å². The minimum Gasteiger partial charge on any atom is -0.616 e. The summed E-state index contributed by atoms with van der Waals surface area (Å²) in [6.45, 7) is 8.42. The monoisotopic (exact) mass is 443 g/mol. The van der Waals surface area contributed by atoms with Crippen LogP contribution in [0.25, 0.3) is 0 Å². The van der Waals surface area contributed by atoms with Gasteiger partial charge in [-0.1, -0.05) is 55.3 Å². The lowest BCUT2D eigenvalue weighted by Gasteiger charge is -2.22. The number of tetrazole rings is 1. The molecule has 0 aliphatic heterocycles. The fraction of sp³-hybridized carbons (Fsp3) is 0.833. The van der Waals surface area contributed by atoms with Gasteiger partial charge in [0.2, 0.25) is 0 Å². The minimum atomic E-state index is -0.872. The zero-order chi connectivity index (χ0) is 21.3. The van der Waals surface area contributed by atoms with Gasteiger partial charge < -0.3 is 9.11 Å². The lowest BCUT2D eigenvalue weighted by atomic mass is 9.85. The molecule has 0 spiro atoms. The number of hydrogen-bond donors (Lipinski definition) is 2. The summed E-state index contributed by atoms with van der Waals surface area (Å²) in [5.41, 5.74) is 0.793. The summed E-state index contributed by atoms with van der Waals surface area (Å²) < 4.78 is 24.5. The van der Waals surface area contributed by atoms with Crippen LogP contribution in [0.3, 0.4) is 0 Å². The van der Waals surface area contributed by atoms with Crippen LogP contribution >= 0.6 is 0 Å². The number of rotatable bonds is 14. The minimum absolute atomic E-state index is 0.0508. The third-order valence-electron chi connectivity index (χ3n) is 5.22. The molecule has 2 heterocycles. The van der Waals surface area contributed by atoms with E-state index in [0.717, 1.165) is 43.6 Å². The Morgan fingerprint density at radius 2 is 1.41 bits per heavy atom. The van der Waals surface area contributed by atoms with E-state index in [0.29, 0.717) is 23.0 Å². The summed E-state index contributed by atoms with van der Waals surface area (Å²) in [4.78, 5) is 0. The average molecular weight is 444 g/mol. The van der Waals surface area contributed by atoms with E-state index >= 15 is 0 Å². The fourth-order valence-corrected chi connectivity index (χ4v) is 5.61. The molecule has 0 bridgehead atoms. The molecule has 0 aliphatic rings. The Kier molecular flexibility index (Phi) is 9.38. The molecule has 0 saturated carbocycles. The van der Waals surface area contributed by atoms with E-state index in [1.165, 1.54) is 0 Å². The van der Waals surface area contributed by atoms with Gasteiger partial charge in [-0.3, -0.25) is 5.10 Å². The second-order valence-corrected chi connectivity index (χ2v) is 12.0. The molecule has 29 heavy (non-hydrogen) atoms. The van der Waals surface area contributed by atoms with Gasteiger partial charge in [0.05, 0.1) is 11.9 Å². The molecule has 9 nitrogen and oxygen atoms in total. The highest BCUT2D eigenvalue weighted by Gasteiger charge is 2.25. The third-order valence-corrected chi connectivity index (χ3v) is 8.20. The molecular formula is C18H33N7O2S2. The second-order valence-electron chi connectivity index (χ2n) is 8.64. The van der Waals surface area contributed by atoms with Crippen molar-refractivity contribution in [2.45, 2.75) is 70.6 Å². The first-order valence-electron chi connectivity index (χ1n) is 10.0. The number of nitrogens with one attached hydrogen (secondary N) is 2. The molecular weight excluding hydrogens is 410 g/mol. The molecule has 0 aromatic carbocycles. The zero-order valence-corrected chi connectivity index (χ0v) is 19.4. The van der Waals surface area contributed by atoms with Crippen molar-refractivity contribution in [3.8, 4) is 0 Å². The van der Waals surface area contributed by atoms with Crippen molar-refractivity contribution in [2.75, 3.05) is 23.0 Å². The Labute approximate surface area is 179 Å². The number of hydrogen-bond acceptors (Lipinski definition) is 7. The van der Waals surface area contributed by atoms with Crippen LogP contribution in [-0.4, -0.2) is 68.2 Å². The smallest absolute Gasteiger partial charge is 0.154 e. The molecule has 164 valence electrons. The van der Waals surface area contributed by atoms with Gasteiger partial charge in [-0.25, -0.2) is 5.10 Å². The van der Waals surface area contributed by atoms with E-state index in [2.05, 4.69) is 63.7 Å². The van der Waals surface area contributed by atoms with Crippen LogP contribution in [0, 0.1) is 0 Å².